The molecule has 0 bridgehead atoms. The summed E-state index contributed by atoms with van der Waals surface area (Å²) in [4.78, 5) is 26.9. The first-order valence-corrected chi connectivity index (χ1v) is 8.94. The van der Waals surface area contributed by atoms with Gasteiger partial charge >= 0.3 is 6.09 Å². The fraction of sp³-hybridized carbons (Fsp3) is 0.889. The molecular weight excluding hydrogens is 308 g/mol. The number of rotatable bonds is 4. The first kappa shape index (κ1) is 20.7. The number of hydrogen-bond donors (Lipinski definition) is 1. The van der Waals surface area contributed by atoms with E-state index in [2.05, 4.69) is 12.2 Å². The zero-order valence-electron chi connectivity index (χ0n) is 16.1. The largest absolute Gasteiger partial charge is 0.444 e. The third-order valence-corrected chi connectivity index (χ3v) is 3.66. The molecule has 1 rings (SSSR count). The summed E-state index contributed by atoms with van der Waals surface area (Å²) in [6.07, 6.45) is 0.878. The zero-order valence-corrected chi connectivity index (χ0v) is 16.1. The van der Waals surface area contributed by atoms with E-state index in [-0.39, 0.29) is 11.8 Å². The van der Waals surface area contributed by atoms with Crippen LogP contribution in [0.2, 0.25) is 0 Å². The van der Waals surface area contributed by atoms with E-state index < -0.39 is 17.7 Å². The van der Waals surface area contributed by atoms with E-state index in [1.807, 2.05) is 39.5 Å². The van der Waals surface area contributed by atoms with Crippen molar-refractivity contribution in [2.24, 2.45) is 11.8 Å². The lowest BCUT2D eigenvalue weighted by atomic mass is 10.0. The number of nitrogens with zero attached hydrogens (tertiary/aromatic N) is 1. The smallest absolute Gasteiger partial charge is 0.408 e. The standard InChI is InChI=1S/C18H34N2O4/c1-13(2)10-15(19-17(22)24-18(4,5)6)16(21)20-8-7-9-23-12-14(3)11-20/h13-15H,7-12H2,1-6H3,(H,19,22)/t14?,15-/m0/s1. The van der Waals surface area contributed by atoms with Gasteiger partial charge in [-0.2, -0.15) is 0 Å². The van der Waals surface area contributed by atoms with E-state index in [1.54, 1.807) is 0 Å². The van der Waals surface area contributed by atoms with Crippen molar-refractivity contribution >= 4 is 12.0 Å². The third kappa shape index (κ3) is 7.99. The maximum atomic E-state index is 13.0. The van der Waals surface area contributed by atoms with Gasteiger partial charge in [0, 0.05) is 19.7 Å². The maximum Gasteiger partial charge on any atom is 0.408 e. The molecule has 6 heteroatoms. The molecule has 2 amide bonds. The molecule has 0 aromatic rings. The van der Waals surface area contributed by atoms with Gasteiger partial charge in [0.05, 0.1) is 6.61 Å². The van der Waals surface area contributed by atoms with Gasteiger partial charge in [-0.05, 0) is 45.4 Å². The third-order valence-electron chi connectivity index (χ3n) is 3.66. The molecule has 1 unspecified atom stereocenters. The number of carbonyl (C=O) groups is 2. The van der Waals surface area contributed by atoms with Gasteiger partial charge < -0.3 is 19.7 Å². The topological polar surface area (TPSA) is 67.9 Å². The molecule has 1 heterocycles. The molecule has 1 fully saturated rings. The van der Waals surface area contributed by atoms with E-state index in [0.717, 1.165) is 6.42 Å². The Balaban J connectivity index is 2.77. The molecular formula is C18H34N2O4. The average molecular weight is 342 g/mol. The molecule has 0 aliphatic carbocycles. The Hall–Kier alpha value is -1.30. The second-order valence-corrected chi connectivity index (χ2v) is 8.15. The number of alkyl carbamates (subject to hydrolysis) is 1. The molecule has 6 nitrogen and oxygen atoms in total. The van der Waals surface area contributed by atoms with Crippen LogP contribution in [-0.4, -0.2) is 54.8 Å². The van der Waals surface area contributed by atoms with Gasteiger partial charge in [0.2, 0.25) is 5.91 Å². The summed E-state index contributed by atoms with van der Waals surface area (Å²) in [7, 11) is 0. The monoisotopic (exact) mass is 342 g/mol. The normalized spacial score (nSPS) is 21.0. The van der Waals surface area contributed by atoms with Crippen LogP contribution in [0, 0.1) is 11.8 Å². The molecule has 24 heavy (non-hydrogen) atoms. The number of hydrogen-bond acceptors (Lipinski definition) is 4. The van der Waals surface area contributed by atoms with Gasteiger partial charge in [0.25, 0.3) is 0 Å². The second-order valence-electron chi connectivity index (χ2n) is 8.15. The van der Waals surface area contributed by atoms with Gasteiger partial charge in [0.15, 0.2) is 0 Å². The fourth-order valence-corrected chi connectivity index (χ4v) is 2.73. The first-order valence-electron chi connectivity index (χ1n) is 8.94. The Morgan fingerprint density at radius 2 is 2.00 bits per heavy atom. The second kappa shape index (κ2) is 9.25. The number of ether oxygens (including phenoxy) is 2. The summed E-state index contributed by atoms with van der Waals surface area (Å²) in [6.45, 7) is 14.2. The highest BCUT2D eigenvalue weighted by molar-refractivity contribution is 5.85. The van der Waals surface area contributed by atoms with Crippen LogP contribution in [0.15, 0.2) is 0 Å². The molecule has 0 spiro atoms. The lowest BCUT2D eigenvalue weighted by Gasteiger charge is -2.32. The minimum atomic E-state index is -0.581. The molecule has 2 atom stereocenters. The van der Waals surface area contributed by atoms with Gasteiger partial charge in [-0.3, -0.25) is 4.79 Å². The number of nitrogens with one attached hydrogen (secondary N) is 1. The van der Waals surface area contributed by atoms with Crippen molar-refractivity contribution in [3.05, 3.63) is 0 Å². The van der Waals surface area contributed by atoms with Crippen LogP contribution >= 0.6 is 0 Å². The van der Waals surface area contributed by atoms with Crippen LogP contribution in [0.3, 0.4) is 0 Å². The Bertz CT molecular complexity index is 418. The first-order chi connectivity index (χ1) is 11.1. The Morgan fingerprint density at radius 1 is 1.33 bits per heavy atom. The Morgan fingerprint density at radius 3 is 2.58 bits per heavy atom. The van der Waals surface area contributed by atoms with Crippen LogP contribution in [-0.2, 0) is 14.3 Å². The Labute approximate surface area is 146 Å². The van der Waals surface area contributed by atoms with Crippen molar-refractivity contribution in [1.29, 1.82) is 0 Å². The summed E-state index contributed by atoms with van der Waals surface area (Å²) in [6, 6.07) is -0.549. The molecule has 140 valence electrons. The average Bonchev–Trinajstić information content (AvgIpc) is 2.38. The molecule has 1 aliphatic rings. The summed E-state index contributed by atoms with van der Waals surface area (Å²) >= 11 is 0. The quantitative estimate of drug-likeness (QED) is 0.853. The van der Waals surface area contributed by atoms with Crippen LogP contribution in [0.4, 0.5) is 4.79 Å². The van der Waals surface area contributed by atoms with Crippen LogP contribution in [0.25, 0.3) is 0 Å². The van der Waals surface area contributed by atoms with Crippen molar-refractivity contribution < 1.29 is 19.1 Å². The summed E-state index contributed by atoms with van der Waals surface area (Å²) in [5, 5.41) is 2.77. The molecule has 0 radical (unpaired) electrons. The summed E-state index contributed by atoms with van der Waals surface area (Å²) < 4.78 is 10.8. The highest BCUT2D eigenvalue weighted by Gasteiger charge is 2.29. The van der Waals surface area contributed by atoms with Crippen molar-refractivity contribution in [2.45, 2.75) is 66.0 Å². The van der Waals surface area contributed by atoms with Crippen LogP contribution in [0.5, 0.6) is 0 Å². The van der Waals surface area contributed by atoms with Crippen LogP contribution in [0.1, 0.15) is 54.4 Å². The van der Waals surface area contributed by atoms with E-state index in [0.29, 0.717) is 38.6 Å². The van der Waals surface area contributed by atoms with Crippen LogP contribution < -0.4 is 5.32 Å². The van der Waals surface area contributed by atoms with Crippen molar-refractivity contribution in [3.8, 4) is 0 Å². The number of carbonyl (C=O) groups excluding carboxylic acids is 2. The number of amides is 2. The maximum absolute atomic E-state index is 13.0. The van der Waals surface area contributed by atoms with E-state index in [1.165, 1.54) is 0 Å². The zero-order chi connectivity index (χ0) is 18.3. The van der Waals surface area contributed by atoms with E-state index in [4.69, 9.17) is 9.47 Å². The lowest BCUT2D eigenvalue weighted by Crippen LogP contribution is -2.52. The molecule has 1 N–H and O–H groups in total. The van der Waals surface area contributed by atoms with Crippen molar-refractivity contribution in [3.63, 3.8) is 0 Å². The van der Waals surface area contributed by atoms with Gasteiger partial charge in [-0.15, -0.1) is 0 Å². The van der Waals surface area contributed by atoms with Gasteiger partial charge in [0.1, 0.15) is 11.6 Å². The van der Waals surface area contributed by atoms with E-state index >= 15 is 0 Å². The minimum absolute atomic E-state index is 0.0247. The molecule has 1 saturated heterocycles. The molecule has 1 aliphatic heterocycles. The highest BCUT2D eigenvalue weighted by Crippen LogP contribution is 2.14. The van der Waals surface area contributed by atoms with Gasteiger partial charge in [-0.25, -0.2) is 4.79 Å². The fourth-order valence-electron chi connectivity index (χ4n) is 2.73. The summed E-state index contributed by atoms with van der Waals surface area (Å²) in [5.41, 5.74) is -0.581. The van der Waals surface area contributed by atoms with Crippen molar-refractivity contribution in [1.82, 2.24) is 10.2 Å². The molecule has 0 aromatic heterocycles. The molecule has 0 aromatic carbocycles. The lowest BCUT2D eigenvalue weighted by molar-refractivity contribution is -0.135. The Kier molecular flexibility index (Phi) is 8.00. The SMILES string of the molecule is CC(C)C[C@H](NC(=O)OC(C)(C)C)C(=O)N1CCCOCC(C)C1. The predicted octanol–water partition coefficient (Wildman–Crippen LogP) is 2.81. The highest BCUT2D eigenvalue weighted by atomic mass is 16.6. The van der Waals surface area contributed by atoms with Gasteiger partial charge in [-0.1, -0.05) is 20.8 Å². The molecule has 0 saturated carbocycles. The van der Waals surface area contributed by atoms with E-state index in [9.17, 15) is 9.59 Å². The minimum Gasteiger partial charge on any atom is -0.444 e. The summed E-state index contributed by atoms with van der Waals surface area (Å²) in [5.74, 6) is 0.559. The van der Waals surface area contributed by atoms with Crippen molar-refractivity contribution in [2.75, 3.05) is 26.3 Å². The predicted molar refractivity (Wildman–Crippen MR) is 93.8 cm³/mol.